The average molecular weight is 443 g/mol. The molecular formula is C22H23ClN4O2S. The number of halogens is 1. The van der Waals surface area contributed by atoms with Crippen molar-refractivity contribution in [1.82, 2.24) is 15.2 Å². The largest absolute Gasteiger partial charge is 0.368 e. The number of carbonyl (C=O) groups excluding carboxylic acids is 2. The van der Waals surface area contributed by atoms with Gasteiger partial charge in [-0.05, 0) is 30.3 Å². The Morgan fingerprint density at radius 1 is 1.07 bits per heavy atom. The predicted molar refractivity (Wildman–Crippen MR) is 121 cm³/mol. The van der Waals surface area contributed by atoms with Gasteiger partial charge in [-0.15, -0.1) is 11.3 Å². The van der Waals surface area contributed by atoms with Crippen molar-refractivity contribution >= 4 is 50.7 Å². The second-order valence-electron chi connectivity index (χ2n) is 7.20. The van der Waals surface area contributed by atoms with Crippen LogP contribution in [0.3, 0.4) is 0 Å². The van der Waals surface area contributed by atoms with Crippen LogP contribution in [0.15, 0.2) is 48.5 Å². The molecule has 0 aliphatic carbocycles. The number of anilines is 1. The zero-order valence-electron chi connectivity index (χ0n) is 16.5. The van der Waals surface area contributed by atoms with Gasteiger partial charge in [0.15, 0.2) is 0 Å². The van der Waals surface area contributed by atoms with Gasteiger partial charge in [-0.2, -0.15) is 0 Å². The van der Waals surface area contributed by atoms with E-state index in [1.807, 2.05) is 48.5 Å². The topological polar surface area (TPSA) is 65.5 Å². The second kappa shape index (κ2) is 9.45. The van der Waals surface area contributed by atoms with Crippen molar-refractivity contribution in [2.45, 2.75) is 12.8 Å². The van der Waals surface area contributed by atoms with Gasteiger partial charge in [-0.1, -0.05) is 29.8 Å². The Hall–Kier alpha value is -2.64. The van der Waals surface area contributed by atoms with Crippen LogP contribution in [0.5, 0.6) is 0 Å². The molecule has 1 aliphatic rings. The van der Waals surface area contributed by atoms with Crippen molar-refractivity contribution in [3.63, 3.8) is 0 Å². The number of para-hydroxylation sites is 1. The fourth-order valence-corrected chi connectivity index (χ4v) is 4.66. The van der Waals surface area contributed by atoms with Gasteiger partial charge in [-0.25, -0.2) is 4.98 Å². The van der Waals surface area contributed by atoms with E-state index in [1.165, 1.54) is 0 Å². The van der Waals surface area contributed by atoms with E-state index in [2.05, 4.69) is 15.2 Å². The summed E-state index contributed by atoms with van der Waals surface area (Å²) in [5.41, 5.74) is 2.03. The lowest BCUT2D eigenvalue weighted by Crippen LogP contribution is -2.51. The molecule has 1 aliphatic heterocycles. The Bertz CT molecular complexity index is 1010. The number of piperazine rings is 1. The van der Waals surface area contributed by atoms with E-state index in [1.54, 1.807) is 16.2 Å². The van der Waals surface area contributed by atoms with Gasteiger partial charge in [0.25, 0.3) is 0 Å². The minimum atomic E-state index is -0.125. The Balaban J connectivity index is 1.19. The number of benzene rings is 2. The number of hydrogen-bond donors (Lipinski definition) is 1. The molecule has 0 saturated carbocycles. The number of aromatic nitrogens is 1. The zero-order valence-corrected chi connectivity index (χ0v) is 18.1. The fraction of sp³-hybridized carbons (Fsp3) is 0.318. The van der Waals surface area contributed by atoms with E-state index in [4.69, 9.17) is 11.6 Å². The first-order valence-electron chi connectivity index (χ1n) is 9.98. The van der Waals surface area contributed by atoms with Crippen LogP contribution in [-0.2, 0) is 16.0 Å². The molecule has 3 aromatic rings. The molecule has 1 fully saturated rings. The summed E-state index contributed by atoms with van der Waals surface area (Å²) in [5.74, 6) is -0.172. The van der Waals surface area contributed by atoms with Crippen LogP contribution in [0.2, 0.25) is 5.02 Å². The van der Waals surface area contributed by atoms with E-state index in [0.29, 0.717) is 31.0 Å². The summed E-state index contributed by atoms with van der Waals surface area (Å²) in [5, 5.41) is 4.40. The first-order chi connectivity index (χ1) is 14.6. The molecule has 1 aromatic heterocycles. The molecule has 1 saturated heterocycles. The molecule has 4 rings (SSSR count). The van der Waals surface area contributed by atoms with E-state index in [0.717, 1.165) is 34.0 Å². The molecule has 2 amide bonds. The monoisotopic (exact) mass is 442 g/mol. The summed E-state index contributed by atoms with van der Waals surface area (Å²) in [4.78, 5) is 33.2. The molecule has 2 heterocycles. The number of rotatable bonds is 6. The minimum Gasteiger partial charge on any atom is -0.368 e. The molecule has 8 heteroatoms. The summed E-state index contributed by atoms with van der Waals surface area (Å²) >= 11 is 7.67. The van der Waals surface area contributed by atoms with Crippen molar-refractivity contribution in [2.24, 2.45) is 0 Å². The molecule has 30 heavy (non-hydrogen) atoms. The highest BCUT2D eigenvalue weighted by Crippen LogP contribution is 2.22. The predicted octanol–water partition coefficient (Wildman–Crippen LogP) is 3.35. The number of thiazole rings is 1. The fourth-order valence-electron chi connectivity index (χ4n) is 3.51. The number of hydrogen-bond acceptors (Lipinski definition) is 5. The Morgan fingerprint density at radius 3 is 2.63 bits per heavy atom. The summed E-state index contributed by atoms with van der Waals surface area (Å²) in [6, 6.07) is 15.7. The van der Waals surface area contributed by atoms with Crippen LogP contribution in [0.4, 0.5) is 5.69 Å². The van der Waals surface area contributed by atoms with Crippen molar-refractivity contribution in [3.05, 3.63) is 58.6 Å². The van der Waals surface area contributed by atoms with Crippen LogP contribution in [-0.4, -0.2) is 54.4 Å². The highest BCUT2D eigenvalue weighted by Gasteiger charge is 2.21. The lowest BCUT2D eigenvalue weighted by Gasteiger charge is -2.36. The lowest BCUT2D eigenvalue weighted by atomic mass is 10.2. The van der Waals surface area contributed by atoms with E-state index >= 15 is 0 Å². The first kappa shape index (κ1) is 20.6. The standard InChI is InChI=1S/C22H23ClN4O2S/c23-16-4-3-5-17(14-16)26-10-12-27(13-11-26)22(29)15-24-20(28)8-9-21-25-18-6-1-2-7-19(18)30-21/h1-7,14H,8-13,15H2,(H,24,28). The van der Waals surface area contributed by atoms with Crippen LogP contribution in [0.25, 0.3) is 10.2 Å². The smallest absolute Gasteiger partial charge is 0.242 e. The molecule has 2 aromatic carbocycles. The third kappa shape index (κ3) is 5.09. The molecule has 0 atom stereocenters. The number of carbonyl (C=O) groups is 2. The van der Waals surface area contributed by atoms with Gasteiger partial charge in [0.2, 0.25) is 11.8 Å². The highest BCUT2D eigenvalue weighted by atomic mass is 35.5. The number of fused-ring (bicyclic) bond motifs is 1. The number of nitrogens with zero attached hydrogens (tertiary/aromatic N) is 3. The Kier molecular flexibility index (Phi) is 6.50. The third-order valence-corrected chi connectivity index (χ3v) is 6.48. The van der Waals surface area contributed by atoms with Gasteiger partial charge < -0.3 is 15.1 Å². The summed E-state index contributed by atoms with van der Waals surface area (Å²) < 4.78 is 1.13. The normalized spacial score (nSPS) is 14.2. The highest BCUT2D eigenvalue weighted by molar-refractivity contribution is 7.18. The minimum absolute atomic E-state index is 0.0375. The van der Waals surface area contributed by atoms with Crippen LogP contribution in [0, 0.1) is 0 Å². The van der Waals surface area contributed by atoms with Gasteiger partial charge in [-0.3, -0.25) is 9.59 Å². The number of aryl methyl sites for hydroxylation is 1. The Morgan fingerprint density at radius 2 is 1.87 bits per heavy atom. The summed E-state index contributed by atoms with van der Waals surface area (Å²) in [6.07, 6.45) is 0.910. The molecule has 156 valence electrons. The molecule has 0 bridgehead atoms. The van der Waals surface area contributed by atoms with Crippen LogP contribution < -0.4 is 10.2 Å². The molecule has 1 N–H and O–H groups in total. The number of amides is 2. The maximum absolute atomic E-state index is 12.5. The van der Waals surface area contributed by atoms with Gasteiger partial charge in [0.1, 0.15) is 0 Å². The van der Waals surface area contributed by atoms with Crippen molar-refractivity contribution in [1.29, 1.82) is 0 Å². The van der Waals surface area contributed by atoms with Crippen LogP contribution in [0.1, 0.15) is 11.4 Å². The Labute approximate surface area is 184 Å². The molecule has 0 radical (unpaired) electrons. The van der Waals surface area contributed by atoms with Crippen LogP contribution >= 0.6 is 22.9 Å². The third-order valence-electron chi connectivity index (χ3n) is 5.15. The summed E-state index contributed by atoms with van der Waals surface area (Å²) in [6.45, 7) is 2.80. The average Bonchev–Trinajstić information content (AvgIpc) is 3.19. The van der Waals surface area contributed by atoms with E-state index in [9.17, 15) is 9.59 Å². The first-order valence-corrected chi connectivity index (χ1v) is 11.2. The second-order valence-corrected chi connectivity index (χ2v) is 8.75. The van der Waals surface area contributed by atoms with Gasteiger partial charge in [0, 0.05) is 49.7 Å². The molecule has 0 spiro atoms. The zero-order chi connectivity index (χ0) is 20.9. The van der Waals surface area contributed by atoms with Crippen molar-refractivity contribution in [3.8, 4) is 0 Å². The SMILES string of the molecule is O=C(CCc1nc2ccccc2s1)NCC(=O)N1CCN(c2cccc(Cl)c2)CC1. The maximum Gasteiger partial charge on any atom is 0.242 e. The molecule has 0 unspecified atom stereocenters. The van der Waals surface area contributed by atoms with Crippen molar-refractivity contribution < 1.29 is 9.59 Å². The maximum atomic E-state index is 12.5. The van der Waals surface area contributed by atoms with Gasteiger partial charge >= 0.3 is 0 Å². The number of nitrogens with one attached hydrogen (secondary N) is 1. The van der Waals surface area contributed by atoms with Gasteiger partial charge in [0.05, 0.1) is 21.8 Å². The van der Waals surface area contributed by atoms with Crippen molar-refractivity contribution in [2.75, 3.05) is 37.6 Å². The van der Waals surface area contributed by atoms with E-state index in [-0.39, 0.29) is 18.4 Å². The molecular weight excluding hydrogens is 420 g/mol. The quantitative estimate of drug-likeness (QED) is 0.635. The summed E-state index contributed by atoms with van der Waals surface area (Å²) in [7, 11) is 0. The molecule has 6 nitrogen and oxygen atoms in total. The lowest BCUT2D eigenvalue weighted by molar-refractivity contribution is -0.133. The van der Waals surface area contributed by atoms with E-state index < -0.39 is 0 Å².